The molecule has 3 heterocycles. The van der Waals surface area contributed by atoms with Gasteiger partial charge in [0, 0.05) is 39.7 Å². The summed E-state index contributed by atoms with van der Waals surface area (Å²) in [6.07, 6.45) is 8.51. The zero-order valence-corrected chi connectivity index (χ0v) is 34.7. The van der Waals surface area contributed by atoms with Gasteiger partial charge >= 0.3 is 0 Å². The van der Waals surface area contributed by atoms with Crippen LogP contribution in [0.2, 0.25) is 0 Å². The van der Waals surface area contributed by atoms with Gasteiger partial charge in [-0.05, 0) is 105 Å². The second-order valence-electron chi connectivity index (χ2n) is 16.5. The summed E-state index contributed by atoms with van der Waals surface area (Å²) in [5.74, 6) is 1.55. The Hall–Kier alpha value is -8.02. The van der Waals surface area contributed by atoms with Crippen LogP contribution in [0.5, 0.6) is 0 Å². The number of hydrogen-bond acceptors (Lipinski definition) is 5. The van der Waals surface area contributed by atoms with Gasteiger partial charge in [0.15, 0.2) is 5.84 Å². The summed E-state index contributed by atoms with van der Waals surface area (Å²) in [6.45, 7) is 0. The van der Waals surface area contributed by atoms with Gasteiger partial charge in [-0.1, -0.05) is 158 Å². The number of allylic oxidation sites excluding steroid dienone is 4. The Morgan fingerprint density at radius 2 is 1.13 bits per heavy atom. The van der Waals surface area contributed by atoms with Gasteiger partial charge in [-0.25, -0.2) is 9.98 Å². The number of para-hydroxylation sites is 2. The molecule has 1 atom stereocenters. The largest absolute Gasteiger partial charge is 0.456 e. The van der Waals surface area contributed by atoms with Crippen molar-refractivity contribution in [2.45, 2.75) is 19.0 Å². The highest BCUT2D eigenvalue weighted by atomic mass is 16.3. The van der Waals surface area contributed by atoms with Crippen molar-refractivity contribution in [1.29, 1.82) is 0 Å². The van der Waals surface area contributed by atoms with Crippen LogP contribution in [0.4, 0.5) is 0 Å². The molecule has 5 heteroatoms. The Morgan fingerprint density at radius 1 is 0.492 bits per heavy atom. The van der Waals surface area contributed by atoms with Gasteiger partial charge in [-0.15, -0.1) is 0 Å². The van der Waals surface area contributed by atoms with Gasteiger partial charge in [0.25, 0.3) is 0 Å². The zero-order valence-electron chi connectivity index (χ0n) is 34.7. The molecule has 10 aromatic rings. The van der Waals surface area contributed by atoms with E-state index in [1.807, 2.05) is 42.5 Å². The first kappa shape index (κ1) is 36.8. The van der Waals surface area contributed by atoms with E-state index in [4.69, 9.17) is 18.8 Å². The molecule has 8 aromatic carbocycles. The number of nitrogens with zero attached hydrogens (tertiary/aromatic N) is 3. The molecule has 63 heavy (non-hydrogen) atoms. The van der Waals surface area contributed by atoms with Crippen LogP contribution in [0.25, 0.3) is 82.8 Å². The van der Waals surface area contributed by atoms with E-state index < -0.39 is 0 Å². The summed E-state index contributed by atoms with van der Waals surface area (Å²) in [7, 11) is 2.10. The summed E-state index contributed by atoms with van der Waals surface area (Å²) in [5, 5.41) is 4.38. The lowest BCUT2D eigenvalue weighted by molar-refractivity contribution is 0.383. The first-order chi connectivity index (χ1) is 31.1. The number of benzene rings is 8. The molecule has 0 saturated heterocycles. The van der Waals surface area contributed by atoms with Crippen molar-refractivity contribution >= 4 is 61.1 Å². The highest BCUT2D eigenvalue weighted by molar-refractivity contribution is 6.16. The van der Waals surface area contributed by atoms with Crippen LogP contribution in [0, 0.1) is 0 Å². The number of furan rings is 2. The Bertz CT molecular complexity index is 3510. The van der Waals surface area contributed by atoms with Crippen LogP contribution in [0.15, 0.2) is 219 Å². The monoisotopic (exact) mass is 811 g/mol. The summed E-state index contributed by atoms with van der Waals surface area (Å²) >= 11 is 0. The quantitative estimate of drug-likeness (QED) is 0.161. The minimum Gasteiger partial charge on any atom is -0.456 e. The predicted octanol–water partition coefficient (Wildman–Crippen LogP) is 15.1. The minimum absolute atomic E-state index is 0.292. The van der Waals surface area contributed by atoms with Crippen molar-refractivity contribution < 1.29 is 8.83 Å². The van der Waals surface area contributed by atoms with E-state index in [1.54, 1.807) is 0 Å². The lowest BCUT2D eigenvalue weighted by atomic mass is 9.93. The molecule has 1 aliphatic carbocycles. The van der Waals surface area contributed by atoms with E-state index in [0.29, 0.717) is 5.84 Å². The molecule has 0 N–H and O–H groups in total. The van der Waals surface area contributed by atoms with Crippen molar-refractivity contribution in [3.8, 4) is 33.4 Å². The smallest absolute Gasteiger partial charge is 0.159 e. The Labute approximate surface area is 365 Å². The number of amidine groups is 2. The maximum Gasteiger partial charge on any atom is 0.159 e. The van der Waals surface area contributed by atoms with Crippen molar-refractivity contribution in [2.24, 2.45) is 9.98 Å². The second-order valence-corrected chi connectivity index (χ2v) is 16.5. The number of rotatable bonds is 7. The SMILES string of the molecule is CN1C(c2cccc(-c3cc(-c4ccc5c(c4)oc4ccccc45)cc4oc5ccccc5c34)c2)=NC(c2ccccc2)=NC1c1ccc(-c2ccc(C3=CC=CCC3)cc2)cc1. The molecular weight excluding hydrogens is 771 g/mol. The van der Waals surface area contributed by atoms with Crippen LogP contribution in [-0.4, -0.2) is 23.6 Å². The average molecular weight is 812 g/mol. The molecule has 1 unspecified atom stereocenters. The topological polar surface area (TPSA) is 54.2 Å². The molecule has 0 radical (unpaired) electrons. The second kappa shape index (κ2) is 15.2. The Kier molecular flexibility index (Phi) is 8.85. The third-order valence-electron chi connectivity index (χ3n) is 12.6. The average Bonchev–Trinajstić information content (AvgIpc) is 3.93. The first-order valence-corrected chi connectivity index (χ1v) is 21.6. The molecule has 0 bridgehead atoms. The van der Waals surface area contributed by atoms with Gasteiger partial charge in [-0.2, -0.15) is 0 Å². The van der Waals surface area contributed by atoms with Gasteiger partial charge in [0.05, 0.1) is 0 Å². The van der Waals surface area contributed by atoms with Gasteiger partial charge in [0.1, 0.15) is 34.3 Å². The Morgan fingerprint density at radius 3 is 1.92 bits per heavy atom. The van der Waals surface area contributed by atoms with Crippen molar-refractivity contribution in [3.05, 3.63) is 222 Å². The number of fused-ring (bicyclic) bond motifs is 6. The molecule has 0 amide bonds. The maximum atomic E-state index is 6.59. The van der Waals surface area contributed by atoms with Crippen molar-refractivity contribution in [1.82, 2.24) is 4.90 Å². The molecule has 2 aliphatic rings. The van der Waals surface area contributed by atoms with E-state index in [2.05, 4.69) is 170 Å². The lowest BCUT2D eigenvalue weighted by Crippen LogP contribution is -2.35. The van der Waals surface area contributed by atoms with Crippen LogP contribution in [0.3, 0.4) is 0 Å². The van der Waals surface area contributed by atoms with Crippen LogP contribution in [0.1, 0.15) is 41.3 Å². The zero-order chi connectivity index (χ0) is 41.9. The minimum atomic E-state index is -0.292. The molecule has 0 saturated carbocycles. The fourth-order valence-corrected chi connectivity index (χ4v) is 9.37. The molecule has 0 spiro atoms. The molecule has 2 aromatic heterocycles. The molecule has 12 rings (SSSR count). The van der Waals surface area contributed by atoms with Crippen LogP contribution >= 0.6 is 0 Å². The van der Waals surface area contributed by atoms with Crippen molar-refractivity contribution in [2.75, 3.05) is 7.05 Å². The summed E-state index contributed by atoms with van der Waals surface area (Å²) in [5.41, 5.74) is 15.8. The lowest BCUT2D eigenvalue weighted by Gasteiger charge is -2.32. The standard InChI is InChI=1S/C58H41N3O2/c1-61-57(42-29-27-40(28-30-42)39-25-23-38(24-26-39)37-13-4-2-5-14-37)59-56(41-15-6-3-7-16-41)60-58(61)45-18-12-17-44(33-45)50-34-46(36-54-55(50)49-20-9-11-22-52(49)63-54)43-31-32-48-47-19-8-10-21-51(47)62-53(48)35-43/h2-4,6-13,15-36,57H,5,14H2,1H3. The maximum absolute atomic E-state index is 6.59. The van der Waals surface area contributed by atoms with Gasteiger partial charge < -0.3 is 13.7 Å². The summed E-state index contributed by atoms with van der Waals surface area (Å²) < 4.78 is 12.9. The molecular formula is C58H41N3O2. The van der Waals surface area contributed by atoms with Gasteiger partial charge in [0.2, 0.25) is 0 Å². The number of hydrogen-bond donors (Lipinski definition) is 0. The number of aliphatic imine (C=N–C) groups is 2. The summed E-state index contributed by atoms with van der Waals surface area (Å²) in [4.78, 5) is 12.8. The predicted molar refractivity (Wildman–Crippen MR) is 260 cm³/mol. The third kappa shape index (κ3) is 6.57. The normalized spacial score (nSPS) is 15.3. The Balaban J connectivity index is 0.935. The first-order valence-electron chi connectivity index (χ1n) is 21.6. The van der Waals surface area contributed by atoms with E-state index in [0.717, 1.165) is 101 Å². The highest BCUT2D eigenvalue weighted by Gasteiger charge is 2.27. The van der Waals surface area contributed by atoms with Gasteiger partial charge in [-0.3, -0.25) is 0 Å². The van der Waals surface area contributed by atoms with E-state index >= 15 is 0 Å². The van der Waals surface area contributed by atoms with Crippen molar-refractivity contribution in [3.63, 3.8) is 0 Å². The fourth-order valence-electron chi connectivity index (χ4n) is 9.37. The molecule has 300 valence electrons. The van der Waals surface area contributed by atoms with E-state index in [1.165, 1.54) is 22.3 Å². The summed E-state index contributed by atoms with van der Waals surface area (Å²) in [6, 6.07) is 64.2. The fraction of sp³-hybridized carbons (Fsp3) is 0.0690. The molecule has 5 nitrogen and oxygen atoms in total. The van der Waals surface area contributed by atoms with E-state index in [-0.39, 0.29) is 6.17 Å². The van der Waals surface area contributed by atoms with Crippen LogP contribution in [-0.2, 0) is 0 Å². The third-order valence-corrected chi connectivity index (χ3v) is 12.6. The highest BCUT2D eigenvalue weighted by Crippen LogP contribution is 2.42. The molecule has 0 fully saturated rings. The van der Waals surface area contributed by atoms with Crippen LogP contribution < -0.4 is 0 Å². The molecule has 1 aliphatic heterocycles. The van der Waals surface area contributed by atoms with E-state index in [9.17, 15) is 0 Å².